The van der Waals surface area contributed by atoms with Crippen molar-refractivity contribution in [2.24, 2.45) is 0 Å². The maximum Gasteiger partial charge on any atom is 0.342 e. The van der Waals surface area contributed by atoms with Crippen LogP contribution in [0.25, 0.3) is 0 Å². The molecular weight excluding hydrogens is 452 g/mol. The summed E-state index contributed by atoms with van der Waals surface area (Å²) >= 11 is 0. The van der Waals surface area contributed by atoms with Crippen LogP contribution >= 0.6 is 0 Å². The van der Waals surface area contributed by atoms with Gasteiger partial charge in [0.1, 0.15) is 11.5 Å². The monoisotopic (exact) mass is 484 g/mol. The van der Waals surface area contributed by atoms with Crippen molar-refractivity contribution >= 4 is 11.9 Å². The zero-order chi connectivity index (χ0) is 26.3. The maximum atomic E-state index is 12.5. The highest BCUT2D eigenvalue weighted by atomic mass is 16.5. The Morgan fingerprint density at radius 2 is 1.64 bits per heavy atom. The molecule has 0 aliphatic heterocycles. The van der Waals surface area contributed by atoms with E-state index in [-0.39, 0.29) is 12.2 Å². The van der Waals surface area contributed by atoms with Gasteiger partial charge in [0, 0.05) is 23.6 Å². The fourth-order valence-corrected chi connectivity index (χ4v) is 2.93. The Labute approximate surface area is 213 Å². The third-order valence-electron chi connectivity index (χ3n) is 5.05. The first-order chi connectivity index (χ1) is 17.4. The Morgan fingerprint density at radius 3 is 2.28 bits per heavy atom. The van der Waals surface area contributed by atoms with Crippen LogP contribution in [-0.2, 0) is 25.5 Å². The van der Waals surface area contributed by atoms with Crippen LogP contribution in [0.15, 0.2) is 91.3 Å². The second kappa shape index (κ2) is 14.9. The van der Waals surface area contributed by atoms with Crippen LogP contribution in [0, 0.1) is 18.8 Å². The van der Waals surface area contributed by atoms with Gasteiger partial charge in [0.25, 0.3) is 0 Å². The average molecular weight is 485 g/mol. The summed E-state index contributed by atoms with van der Waals surface area (Å²) in [5, 5.41) is 0. The van der Waals surface area contributed by atoms with Crippen molar-refractivity contribution in [1.29, 1.82) is 0 Å². The van der Waals surface area contributed by atoms with E-state index < -0.39 is 11.9 Å². The molecule has 2 aromatic rings. The van der Waals surface area contributed by atoms with Crippen molar-refractivity contribution in [2.75, 3.05) is 13.2 Å². The predicted octanol–water partition coefficient (Wildman–Crippen LogP) is 6.01. The lowest BCUT2D eigenvalue weighted by molar-refractivity contribution is -0.138. The van der Waals surface area contributed by atoms with E-state index >= 15 is 0 Å². The molecule has 0 aromatic heterocycles. The highest BCUT2D eigenvalue weighted by Gasteiger charge is 2.10. The summed E-state index contributed by atoms with van der Waals surface area (Å²) in [4.78, 5) is 23.5. The summed E-state index contributed by atoms with van der Waals surface area (Å²) in [6, 6.07) is 13.6. The Hall–Kier alpha value is -4.30. The van der Waals surface area contributed by atoms with Gasteiger partial charge in [0.05, 0.1) is 18.8 Å². The Balaban J connectivity index is 1.89. The van der Waals surface area contributed by atoms with Crippen molar-refractivity contribution in [3.8, 4) is 17.6 Å². The molecule has 0 saturated carbocycles. The number of hydrogen-bond donors (Lipinski definition) is 0. The third-order valence-corrected chi connectivity index (χ3v) is 5.05. The van der Waals surface area contributed by atoms with Crippen molar-refractivity contribution in [1.82, 2.24) is 0 Å². The first-order valence-electron chi connectivity index (χ1n) is 11.7. The van der Waals surface area contributed by atoms with E-state index in [1.54, 1.807) is 18.2 Å². The fraction of sp³-hybridized carbons (Fsp3) is 0.226. The molecule has 36 heavy (non-hydrogen) atoms. The molecule has 0 bridgehead atoms. The van der Waals surface area contributed by atoms with Gasteiger partial charge in [0.2, 0.25) is 0 Å². The van der Waals surface area contributed by atoms with Crippen LogP contribution < -0.4 is 4.74 Å². The van der Waals surface area contributed by atoms with Gasteiger partial charge >= 0.3 is 11.9 Å². The lowest BCUT2D eigenvalue weighted by Gasteiger charge is -2.09. The van der Waals surface area contributed by atoms with E-state index in [2.05, 4.69) is 44.1 Å². The molecule has 0 aliphatic carbocycles. The summed E-state index contributed by atoms with van der Waals surface area (Å²) in [6.45, 7) is 13.5. The lowest BCUT2D eigenvalue weighted by atomic mass is 10.1. The standard InChI is InChI=1S/C31H32O5/c1-6-25-11-13-26(14-12-25)15-16-27-17-19-29(24(5)22-27)36-31(33)23(4)10-18-28(7-2)34-20-9-21-35-30(32)8-3/h7-8,10-14,17-19,22H,3-4,6,9,20-21H2,1-2,5H3/b18-10-,28-7+. The Bertz CT molecular complexity index is 1200. The van der Waals surface area contributed by atoms with Gasteiger partial charge in [0.15, 0.2) is 0 Å². The largest absolute Gasteiger partial charge is 0.494 e. The second-order valence-electron chi connectivity index (χ2n) is 7.79. The number of rotatable bonds is 11. The second-order valence-corrected chi connectivity index (χ2v) is 7.79. The number of aryl methyl sites for hydroxylation is 2. The molecule has 186 valence electrons. The van der Waals surface area contributed by atoms with Crippen LogP contribution in [0.5, 0.6) is 5.75 Å². The number of allylic oxidation sites excluding steroid dienone is 2. The van der Waals surface area contributed by atoms with Crippen molar-refractivity contribution < 1.29 is 23.8 Å². The molecule has 0 spiro atoms. The molecule has 0 aliphatic rings. The average Bonchev–Trinajstić information content (AvgIpc) is 2.90. The molecule has 0 atom stereocenters. The summed E-state index contributed by atoms with van der Waals surface area (Å²) in [7, 11) is 0. The van der Waals surface area contributed by atoms with Gasteiger partial charge < -0.3 is 14.2 Å². The molecule has 5 nitrogen and oxygen atoms in total. The first kappa shape index (κ1) is 27.9. The van der Waals surface area contributed by atoms with Crippen molar-refractivity contribution in [2.45, 2.75) is 33.6 Å². The fourth-order valence-electron chi connectivity index (χ4n) is 2.93. The molecule has 2 rings (SSSR count). The lowest BCUT2D eigenvalue weighted by Crippen LogP contribution is -2.10. The molecule has 0 unspecified atom stereocenters. The van der Waals surface area contributed by atoms with E-state index in [0.29, 0.717) is 24.5 Å². The maximum absolute atomic E-state index is 12.5. The zero-order valence-corrected chi connectivity index (χ0v) is 21.1. The number of esters is 2. The van der Waals surface area contributed by atoms with Crippen LogP contribution in [-0.4, -0.2) is 25.2 Å². The van der Waals surface area contributed by atoms with E-state index in [1.165, 1.54) is 11.6 Å². The van der Waals surface area contributed by atoms with Crippen LogP contribution in [0.3, 0.4) is 0 Å². The predicted molar refractivity (Wildman–Crippen MR) is 142 cm³/mol. The minimum absolute atomic E-state index is 0.177. The molecule has 0 amide bonds. The number of carbonyl (C=O) groups excluding carboxylic acids is 2. The van der Waals surface area contributed by atoms with Crippen LogP contribution in [0.4, 0.5) is 0 Å². The molecule has 0 radical (unpaired) electrons. The third kappa shape index (κ3) is 9.52. The van der Waals surface area contributed by atoms with Gasteiger partial charge in [-0.15, -0.1) is 0 Å². The summed E-state index contributed by atoms with van der Waals surface area (Å²) < 4.78 is 16.0. The van der Waals surface area contributed by atoms with Crippen LogP contribution in [0.1, 0.15) is 42.5 Å². The first-order valence-corrected chi connectivity index (χ1v) is 11.7. The highest BCUT2D eigenvalue weighted by Crippen LogP contribution is 2.20. The van der Waals surface area contributed by atoms with E-state index in [0.717, 1.165) is 29.2 Å². The molecule has 0 saturated heterocycles. The quantitative estimate of drug-likeness (QED) is 0.0743. The van der Waals surface area contributed by atoms with Gasteiger partial charge in [-0.05, 0) is 80.0 Å². The zero-order valence-electron chi connectivity index (χ0n) is 21.1. The van der Waals surface area contributed by atoms with Gasteiger partial charge in [-0.25, -0.2) is 9.59 Å². The van der Waals surface area contributed by atoms with Gasteiger partial charge in [-0.2, -0.15) is 0 Å². The number of benzene rings is 2. The Morgan fingerprint density at radius 1 is 0.972 bits per heavy atom. The topological polar surface area (TPSA) is 61.8 Å². The number of ether oxygens (including phenoxy) is 3. The summed E-state index contributed by atoms with van der Waals surface area (Å²) in [5.74, 6) is 6.28. The van der Waals surface area contributed by atoms with Gasteiger partial charge in [-0.3, -0.25) is 0 Å². The molecule has 0 fully saturated rings. The van der Waals surface area contributed by atoms with E-state index in [4.69, 9.17) is 14.2 Å². The normalized spacial score (nSPS) is 10.8. The summed E-state index contributed by atoms with van der Waals surface area (Å²) in [5.41, 5.74) is 4.03. The number of hydrogen-bond acceptors (Lipinski definition) is 5. The SMILES string of the molecule is C=CC(=O)OCCCOC(/C=C\C(=C)C(=O)Oc1ccc(C#Cc2ccc(CC)cc2)cc1C)=C/C. The molecular formula is C31H32O5. The van der Waals surface area contributed by atoms with Crippen molar-refractivity contribution in [3.05, 3.63) is 114 Å². The minimum atomic E-state index is -0.559. The highest BCUT2D eigenvalue weighted by molar-refractivity contribution is 5.92. The van der Waals surface area contributed by atoms with E-state index in [1.807, 2.05) is 38.1 Å². The summed E-state index contributed by atoms with van der Waals surface area (Å²) in [6.07, 6.45) is 7.57. The van der Waals surface area contributed by atoms with E-state index in [9.17, 15) is 9.59 Å². The van der Waals surface area contributed by atoms with Gasteiger partial charge in [-0.1, -0.05) is 44.1 Å². The number of carbonyl (C=O) groups is 2. The molecule has 0 heterocycles. The minimum Gasteiger partial charge on any atom is -0.494 e. The molecule has 0 N–H and O–H groups in total. The Kier molecular flexibility index (Phi) is 11.5. The van der Waals surface area contributed by atoms with Crippen molar-refractivity contribution in [3.63, 3.8) is 0 Å². The molecule has 5 heteroatoms. The molecule has 2 aromatic carbocycles. The van der Waals surface area contributed by atoms with Crippen LogP contribution in [0.2, 0.25) is 0 Å². The smallest absolute Gasteiger partial charge is 0.342 e.